The highest BCUT2D eigenvalue weighted by Gasteiger charge is 2.28. The van der Waals surface area contributed by atoms with Crippen molar-refractivity contribution in [2.24, 2.45) is 5.92 Å². The zero-order valence-corrected chi connectivity index (χ0v) is 11.5. The van der Waals surface area contributed by atoms with Crippen LogP contribution in [0.3, 0.4) is 0 Å². The van der Waals surface area contributed by atoms with Crippen LogP contribution in [0.25, 0.3) is 0 Å². The maximum Gasteiger partial charge on any atom is 0.327 e. The molecule has 19 heavy (non-hydrogen) atoms. The molecule has 0 heterocycles. The smallest absolute Gasteiger partial charge is 0.327 e. The quantitative estimate of drug-likeness (QED) is 0.767. The fourth-order valence-electron chi connectivity index (χ4n) is 2.05. The van der Waals surface area contributed by atoms with Crippen LogP contribution in [0.1, 0.15) is 31.4 Å². The monoisotopic (exact) mass is 263 g/mol. The van der Waals surface area contributed by atoms with E-state index in [1.54, 1.807) is 0 Å². The minimum absolute atomic E-state index is 0.271. The molecule has 1 aromatic carbocycles. The highest BCUT2D eigenvalue weighted by molar-refractivity contribution is 5.78. The summed E-state index contributed by atoms with van der Waals surface area (Å²) >= 11 is 0. The van der Waals surface area contributed by atoms with Gasteiger partial charge in [0, 0.05) is 5.56 Å². The molecule has 0 spiro atoms. The Kier molecular flexibility index (Phi) is 4.80. The van der Waals surface area contributed by atoms with E-state index >= 15 is 0 Å². The second kappa shape index (κ2) is 6.57. The van der Waals surface area contributed by atoms with Crippen molar-refractivity contribution in [2.45, 2.75) is 25.8 Å². The molecule has 2 rings (SSSR count). The molecule has 0 aromatic heterocycles. The molecule has 104 valence electrons. The first-order chi connectivity index (χ1) is 9.26. The van der Waals surface area contributed by atoms with Gasteiger partial charge in [0.1, 0.15) is 11.8 Å². The molecular weight excluding hydrogens is 242 g/mol. The maximum atomic E-state index is 12.0. The Morgan fingerprint density at radius 1 is 1.42 bits per heavy atom. The van der Waals surface area contributed by atoms with E-state index in [-0.39, 0.29) is 5.97 Å². The van der Waals surface area contributed by atoms with Crippen molar-refractivity contribution in [1.82, 2.24) is 5.32 Å². The van der Waals surface area contributed by atoms with Crippen molar-refractivity contribution < 1.29 is 14.3 Å². The fraction of sp³-hybridized carbons (Fsp3) is 0.533. The van der Waals surface area contributed by atoms with E-state index < -0.39 is 6.04 Å². The van der Waals surface area contributed by atoms with E-state index in [9.17, 15) is 4.79 Å². The van der Waals surface area contributed by atoms with Gasteiger partial charge < -0.3 is 14.8 Å². The number of para-hydroxylation sites is 1. The molecule has 4 heteroatoms. The number of carbonyl (C=O) groups excluding carboxylic acids is 1. The van der Waals surface area contributed by atoms with Gasteiger partial charge in [-0.2, -0.15) is 0 Å². The standard InChI is InChI=1S/C15H21NO3/c1-3-19-13-7-5-4-6-12(13)14(15(17)18-2)16-10-11-8-9-11/h4-7,11,14,16H,3,8-10H2,1-2H3. The third-order valence-corrected chi connectivity index (χ3v) is 3.27. The van der Waals surface area contributed by atoms with Gasteiger partial charge in [-0.1, -0.05) is 18.2 Å². The van der Waals surface area contributed by atoms with Gasteiger partial charge in [-0.05, 0) is 38.3 Å². The Labute approximate surface area is 114 Å². The number of ether oxygens (including phenoxy) is 2. The summed E-state index contributed by atoms with van der Waals surface area (Å²) in [7, 11) is 1.41. The molecule has 4 nitrogen and oxygen atoms in total. The Balaban J connectivity index is 2.17. The molecular formula is C15H21NO3. The van der Waals surface area contributed by atoms with Gasteiger partial charge in [0.2, 0.25) is 0 Å². The maximum absolute atomic E-state index is 12.0. The minimum Gasteiger partial charge on any atom is -0.494 e. The number of nitrogens with one attached hydrogen (secondary N) is 1. The van der Waals surface area contributed by atoms with Crippen LogP contribution in [0, 0.1) is 5.92 Å². The largest absolute Gasteiger partial charge is 0.494 e. The van der Waals surface area contributed by atoms with E-state index in [0.29, 0.717) is 12.5 Å². The van der Waals surface area contributed by atoms with Crippen LogP contribution < -0.4 is 10.1 Å². The summed E-state index contributed by atoms with van der Waals surface area (Å²) in [5, 5.41) is 3.29. The molecule has 0 aliphatic heterocycles. The summed E-state index contributed by atoms with van der Waals surface area (Å²) in [5.41, 5.74) is 0.844. The molecule has 1 N–H and O–H groups in total. The van der Waals surface area contributed by atoms with Crippen molar-refractivity contribution in [2.75, 3.05) is 20.3 Å². The summed E-state index contributed by atoms with van der Waals surface area (Å²) in [6.07, 6.45) is 2.49. The van der Waals surface area contributed by atoms with Gasteiger partial charge in [-0.3, -0.25) is 0 Å². The molecule has 1 unspecified atom stereocenters. The molecule has 1 fully saturated rings. The lowest BCUT2D eigenvalue weighted by Gasteiger charge is -2.19. The first-order valence-corrected chi connectivity index (χ1v) is 6.79. The summed E-state index contributed by atoms with van der Waals surface area (Å²) in [6, 6.07) is 7.16. The van der Waals surface area contributed by atoms with Gasteiger partial charge in [-0.15, -0.1) is 0 Å². The lowest BCUT2D eigenvalue weighted by atomic mass is 10.1. The van der Waals surface area contributed by atoms with Crippen LogP contribution in [0.5, 0.6) is 5.75 Å². The Morgan fingerprint density at radius 3 is 2.79 bits per heavy atom. The first kappa shape index (κ1) is 13.9. The molecule has 0 bridgehead atoms. The second-order valence-electron chi connectivity index (χ2n) is 4.78. The van der Waals surface area contributed by atoms with E-state index in [0.717, 1.165) is 17.9 Å². The fourth-order valence-corrected chi connectivity index (χ4v) is 2.05. The molecule has 1 aliphatic rings. The van der Waals surface area contributed by atoms with Crippen molar-refractivity contribution in [3.63, 3.8) is 0 Å². The number of benzene rings is 1. The highest BCUT2D eigenvalue weighted by atomic mass is 16.5. The molecule has 0 saturated heterocycles. The third kappa shape index (κ3) is 3.70. The van der Waals surface area contributed by atoms with E-state index in [2.05, 4.69) is 5.32 Å². The SMILES string of the molecule is CCOc1ccccc1C(NCC1CC1)C(=O)OC. The summed E-state index contributed by atoms with van der Waals surface area (Å²) < 4.78 is 10.5. The second-order valence-corrected chi connectivity index (χ2v) is 4.78. The molecule has 0 amide bonds. The average Bonchev–Trinajstić information content (AvgIpc) is 3.25. The lowest BCUT2D eigenvalue weighted by molar-refractivity contribution is -0.143. The number of rotatable bonds is 7. The van der Waals surface area contributed by atoms with Crippen LogP contribution in [-0.4, -0.2) is 26.2 Å². The minimum atomic E-state index is -0.451. The Hall–Kier alpha value is -1.55. The van der Waals surface area contributed by atoms with Crippen LogP contribution in [-0.2, 0) is 9.53 Å². The van der Waals surface area contributed by atoms with Crippen LogP contribution in [0.2, 0.25) is 0 Å². The van der Waals surface area contributed by atoms with Gasteiger partial charge in [0.05, 0.1) is 13.7 Å². The zero-order chi connectivity index (χ0) is 13.7. The predicted molar refractivity (Wildman–Crippen MR) is 73.1 cm³/mol. The number of esters is 1. The van der Waals surface area contributed by atoms with E-state index in [4.69, 9.17) is 9.47 Å². The average molecular weight is 263 g/mol. The summed E-state index contributed by atoms with van der Waals surface area (Å²) in [4.78, 5) is 12.0. The number of hydrogen-bond acceptors (Lipinski definition) is 4. The van der Waals surface area contributed by atoms with Crippen molar-refractivity contribution in [3.8, 4) is 5.75 Å². The number of carbonyl (C=O) groups is 1. The lowest BCUT2D eigenvalue weighted by Crippen LogP contribution is -2.31. The molecule has 1 aromatic rings. The normalized spacial score (nSPS) is 15.9. The third-order valence-electron chi connectivity index (χ3n) is 3.27. The Bertz CT molecular complexity index is 429. The van der Waals surface area contributed by atoms with Gasteiger partial charge in [0.15, 0.2) is 0 Å². The van der Waals surface area contributed by atoms with Crippen molar-refractivity contribution in [3.05, 3.63) is 29.8 Å². The van der Waals surface area contributed by atoms with Crippen LogP contribution in [0.15, 0.2) is 24.3 Å². The predicted octanol–water partition coefficient (Wildman–Crippen LogP) is 2.30. The van der Waals surface area contributed by atoms with Gasteiger partial charge in [-0.25, -0.2) is 4.79 Å². The summed E-state index contributed by atoms with van der Waals surface area (Å²) in [6.45, 7) is 3.36. The van der Waals surface area contributed by atoms with Crippen LogP contribution in [0.4, 0.5) is 0 Å². The number of methoxy groups -OCH3 is 1. The highest BCUT2D eigenvalue weighted by Crippen LogP contribution is 2.30. The Morgan fingerprint density at radius 2 is 2.16 bits per heavy atom. The zero-order valence-electron chi connectivity index (χ0n) is 11.5. The van der Waals surface area contributed by atoms with Crippen molar-refractivity contribution in [1.29, 1.82) is 0 Å². The van der Waals surface area contributed by atoms with Crippen LogP contribution >= 0.6 is 0 Å². The molecule has 1 atom stereocenters. The summed E-state index contributed by atoms with van der Waals surface area (Å²) in [5.74, 6) is 1.17. The van der Waals surface area contributed by atoms with Crippen molar-refractivity contribution >= 4 is 5.97 Å². The molecule has 1 aliphatic carbocycles. The molecule has 1 saturated carbocycles. The van der Waals surface area contributed by atoms with Gasteiger partial charge in [0.25, 0.3) is 0 Å². The van der Waals surface area contributed by atoms with E-state index in [1.165, 1.54) is 20.0 Å². The van der Waals surface area contributed by atoms with Gasteiger partial charge >= 0.3 is 5.97 Å². The first-order valence-electron chi connectivity index (χ1n) is 6.79. The number of hydrogen-bond donors (Lipinski definition) is 1. The van der Waals surface area contributed by atoms with E-state index in [1.807, 2.05) is 31.2 Å². The topological polar surface area (TPSA) is 47.6 Å². The molecule has 0 radical (unpaired) electrons.